The van der Waals surface area contributed by atoms with Crippen LogP contribution in [0.25, 0.3) is 0 Å². The van der Waals surface area contributed by atoms with Gasteiger partial charge in [0.15, 0.2) is 0 Å². The third-order valence-electron chi connectivity index (χ3n) is 7.53. The van der Waals surface area contributed by atoms with E-state index in [-0.39, 0.29) is 28.9 Å². The zero-order chi connectivity index (χ0) is 18.1. The largest absolute Gasteiger partial charge is 0.497 e. The van der Waals surface area contributed by atoms with Gasteiger partial charge in [0.05, 0.1) is 20.1 Å². The molecule has 1 spiro atoms. The summed E-state index contributed by atoms with van der Waals surface area (Å²) in [6, 6.07) is 6.26. The van der Waals surface area contributed by atoms with Crippen LogP contribution in [0.4, 0.5) is 5.69 Å². The predicted molar refractivity (Wildman–Crippen MR) is 99.2 cm³/mol. The number of methoxy groups -OCH3 is 2. The number of carbonyl (C=O) groups is 1. The van der Waals surface area contributed by atoms with E-state index in [2.05, 4.69) is 35.3 Å². The maximum atomic E-state index is 13.1. The first-order chi connectivity index (χ1) is 12.6. The lowest BCUT2D eigenvalue weighted by atomic mass is 9.54. The summed E-state index contributed by atoms with van der Waals surface area (Å²) in [6.45, 7) is 4.04. The molecule has 4 fully saturated rings. The van der Waals surface area contributed by atoms with E-state index in [0.717, 1.165) is 43.8 Å². The van der Waals surface area contributed by atoms with E-state index < -0.39 is 0 Å². The number of nitrogens with zero attached hydrogens (tertiary/aromatic N) is 1. The smallest absolute Gasteiger partial charge is 0.310 e. The molecule has 1 aromatic rings. The van der Waals surface area contributed by atoms with Crippen molar-refractivity contribution in [1.82, 2.24) is 4.90 Å². The highest BCUT2D eigenvalue weighted by atomic mass is 16.5. The fraction of sp³-hybridized carbons (Fsp3) is 0.571. The molecule has 4 aliphatic heterocycles. The third-order valence-corrected chi connectivity index (χ3v) is 7.53. The average Bonchev–Trinajstić information content (AvgIpc) is 3.05. The molecule has 6 rings (SSSR count). The van der Waals surface area contributed by atoms with E-state index >= 15 is 0 Å². The Morgan fingerprint density at radius 1 is 1.35 bits per heavy atom. The molecule has 0 radical (unpaired) electrons. The molecule has 5 atom stereocenters. The molecule has 4 heterocycles. The molecule has 0 aromatic heterocycles. The van der Waals surface area contributed by atoms with Crippen LogP contribution < -0.4 is 10.1 Å². The van der Waals surface area contributed by atoms with Crippen molar-refractivity contribution in [1.29, 1.82) is 0 Å². The minimum Gasteiger partial charge on any atom is -0.497 e. The number of hydrogen-bond donors (Lipinski definition) is 1. The van der Waals surface area contributed by atoms with Crippen molar-refractivity contribution < 1.29 is 14.3 Å². The zero-order valence-corrected chi connectivity index (χ0v) is 15.7. The summed E-state index contributed by atoms with van der Waals surface area (Å²) < 4.78 is 10.9. The first-order valence-corrected chi connectivity index (χ1v) is 9.56. The highest BCUT2D eigenvalue weighted by Gasteiger charge is 2.73. The normalized spacial score (nSPS) is 40.6. The van der Waals surface area contributed by atoms with E-state index in [1.807, 2.05) is 6.07 Å². The summed E-state index contributed by atoms with van der Waals surface area (Å²) in [6.07, 6.45) is 5.28. The van der Waals surface area contributed by atoms with E-state index in [1.54, 1.807) is 7.11 Å². The lowest BCUT2D eigenvalue weighted by Gasteiger charge is -2.51. The number of fused-ring (bicyclic) bond motifs is 3. The number of rotatable bonds is 2. The second kappa shape index (κ2) is 5.26. The molecule has 4 bridgehead atoms. The Balaban J connectivity index is 1.80. The Kier molecular flexibility index (Phi) is 3.27. The van der Waals surface area contributed by atoms with Crippen molar-refractivity contribution in [2.75, 3.05) is 32.6 Å². The van der Waals surface area contributed by atoms with E-state index in [1.165, 1.54) is 18.2 Å². The average molecular weight is 354 g/mol. The van der Waals surface area contributed by atoms with Crippen LogP contribution in [-0.2, 0) is 14.9 Å². The Labute approximate surface area is 154 Å². The van der Waals surface area contributed by atoms with Crippen molar-refractivity contribution in [3.63, 3.8) is 0 Å². The minimum absolute atomic E-state index is 0.0698. The topological polar surface area (TPSA) is 50.8 Å². The number of allylic oxidation sites excluding steroid dienone is 1. The molecule has 1 unspecified atom stereocenters. The van der Waals surface area contributed by atoms with Crippen molar-refractivity contribution in [2.24, 2.45) is 11.8 Å². The monoisotopic (exact) mass is 354 g/mol. The van der Waals surface area contributed by atoms with Crippen LogP contribution in [-0.4, -0.2) is 43.8 Å². The van der Waals surface area contributed by atoms with Gasteiger partial charge in [-0.05, 0) is 55.9 Å². The van der Waals surface area contributed by atoms with Gasteiger partial charge in [0.1, 0.15) is 11.4 Å². The Bertz CT molecular complexity index is 819. The van der Waals surface area contributed by atoms with Gasteiger partial charge in [-0.3, -0.25) is 9.69 Å². The van der Waals surface area contributed by atoms with Crippen LogP contribution in [0, 0.1) is 11.8 Å². The lowest BCUT2D eigenvalue weighted by molar-refractivity contribution is -0.153. The van der Waals surface area contributed by atoms with Crippen LogP contribution in [0.3, 0.4) is 0 Å². The highest BCUT2D eigenvalue weighted by Crippen LogP contribution is 2.68. The summed E-state index contributed by atoms with van der Waals surface area (Å²) in [7, 11) is 3.23. The fourth-order valence-corrected chi connectivity index (χ4v) is 6.54. The summed E-state index contributed by atoms with van der Waals surface area (Å²) in [5.41, 5.74) is 3.32. The van der Waals surface area contributed by atoms with Gasteiger partial charge in [-0.15, -0.1) is 0 Å². The van der Waals surface area contributed by atoms with E-state index in [4.69, 9.17) is 9.47 Å². The summed E-state index contributed by atoms with van der Waals surface area (Å²) in [5, 5.41) is 3.87. The molecule has 1 aromatic carbocycles. The van der Waals surface area contributed by atoms with Gasteiger partial charge in [0, 0.05) is 24.2 Å². The summed E-state index contributed by atoms with van der Waals surface area (Å²) in [5.74, 6) is 0.885. The molecule has 5 nitrogen and oxygen atoms in total. The predicted octanol–water partition coefficient (Wildman–Crippen LogP) is 2.92. The van der Waals surface area contributed by atoms with Crippen LogP contribution in [0.2, 0.25) is 0 Å². The molecule has 0 amide bonds. The number of hydrogen-bond acceptors (Lipinski definition) is 5. The van der Waals surface area contributed by atoms with Crippen molar-refractivity contribution in [3.8, 4) is 5.75 Å². The Hall–Kier alpha value is -2.01. The van der Waals surface area contributed by atoms with Crippen LogP contribution >= 0.6 is 0 Å². The quantitative estimate of drug-likeness (QED) is 0.654. The fourth-order valence-electron chi connectivity index (χ4n) is 6.54. The molecule has 3 saturated heterocycles. The lowest BCUT2D eigenvalue weighted by Crippen LogP contribution is -2.63. The summed E-state index contributed by atoms with van der Waals surface area (Å²) in [4.78, 5) is 15.7. The van der Waals surface area contributed by atoms with E-state index in [0.29, 0.717) is 0 Å². The molecular formula is C21H26N2O3. The number of anilines is 1. The SMILES string of the molecule is C/C=C1/CN2CC[C@@]34c5cc(OC)ccc5N[C@@]23CC[C@@H]1[C@H]4C(=O)OC. The Morgan fingerprint density at radius 2 is 2.19 bits per heavy atom. The zero-order valence-electron chi connectivity index (χ0n) is 15.7. The van der Waals surface area contributed by atoms with Gasteiger partial charge in [-0.2, -0.15) is 0 Å². The molecule has 1 saturated carbocycles. The van der Waals surface area contributed by atoms with Gasteiger partial charge < -0.3 is 14.8 Å². The molecule has 26 heavy (non-hydrogen) atoms. The van der Waals surface area contributed by atoms with E-state index in [9.17, 15) is 4.79 Å². The first kappa shape index (κ1) is 16.2. The standard InChI is InChI=1S/C21H26N2O3/c1-4-13-12-23-10-9-20-16-11-14(25-2)5-6-17(16)22-21(20,23)8-7-15(13)18(20)19(24)26-3/h4-6,11,15,18,22H,7-10,12H2,1-3H3/b13-4-/t15-,18-,20-,21-/m0/s1. The van der Waals surface area contributed by atoms with Gasteiger partial charge >= 0.3 is 5.97 Å². The first-order valence-electron chi connectivity index (χ1n) is 9.56. The van der Waals surface area contributed by atoms with Gasteiger partial charge in [0.25, 0.3) is 0 Å². The number of ether oxygens (including phenoxy) is 2. The van der Waals surface area contributed by atoms with Crippen molar-refractivity contribution in [3.05, 3.63) is 35.4 Å². The van der Waals surface area contributed by atoms with Gasteiger partial charge in [-0.25, -0.2) is 0 Å². The summed E-state index contributed by atoms with van der Waals surface area (Å²) >= 11 is 0. The number of nitrogens with one attached hydrogen (secondary N) is 1. The van der Waals surface area contributed by atoms with Gasteiger partial charge in [0.2, 0.25) is 0 Å². The molecule has 1 N–H and O–H groups in total. The minimum atomic E-state index is -0.252. The third kappa shape index (κ3) is 1.63. The second-order valence-electron chi connectivity index (χ2n) is 8.05. The van der Waals surface area contributed by atoms with Crippen LogP contribution in [0.1, 0.15) is 31.7 Å². The van der Waals surface area contributed by atoms with Gasteiger partial charge in [-0.1, -0.05) is 11.6 Å². The maximum Gasteiger partial charge on any atom is 0.310 e. The Morgan fingerprint density at radius 3 is 2.92 bits per heavy atom. The van der Waals surface area contributed by atoms with Crippen LogP contribution in [0.5, 0.6) is 5.75 Å². The van der Waals surface area contributed by atoms with Crippen molar-refractivity contribution in [2.45, 2.75) is 37.3 Å². The molecule has 5 aliphatic rings. The number of carbonyl (C=O) groups excluding carboxylic acids is 1. The number of esters is 1. The molecular weight excluding hydrogens is 328 g/mol. The maximum absolute atomic E-state index is 13.1. The van der Waals surface area contributed by atoms with Crippen LogP contribution in [0.15, 0.2) is 29.8 Å². The molecule has 5 heteroatoms. The van der Waals surface area contributed by atoms with Crippen molar-refractivity contribution >= 4 is 11.7 Å². The second-order valence-corrected chi connectivity index (χ2v) is 8.05. The molecule has 138 valence electrons. The highest BCUT2D eigenvalue weighted by molar-refractivity contribution is 5.81. The number of benzene rings is 1. The molecule has 1 aliphatic carbocycles.